The summed E-state index contributed by atoms with van der Waals surface area (Å²) < 4.78 is 1.73. The van der Waals surface area contributed by atoms with Crippen molar-refractivity contribution in [3.63, 3.8) is 0 Å². The zero-order valence-corrected chi connectivity index (χ0v) is 10.4. The maximum atomic E-state index is 11.7. The molecule has 0 bridgehead atoms. The summed E-state index contributed by atoms with van der Waals surface area (Å²) in [6, 6.07) is -0.215. The molecule has 1 saturated carbocycles. The second kappa shape index (κ2) is 3.68. The average molecular weight is 221 g/mol. The highest BCUT2D eigenvalue weighted by molar-refractivity contribution is 5.80. The summed E-state index contributed by atoms with van der Waals surface area (Å²) in [5.74, 6) is 0.723. The van der Waals surface area contributed by atoms with Gasteiger partial charge < -0.3 is 0 Å². The van der Waals surface area contributed by atoms with Crippen LogP contribution in [0.2, 0.25) is 0 Å². The van der Waals surface area contributed by atoms with Gasteiger partial charge >= 0.3 is 0 Å². The molecule has 16 heavy (non-hydrogen) atoms. The number of hydrogen-bond donors (Lipinski definition) is 0. The van der Waals surface area contributed by atoms with Gasteiger partial charge in [0.15, 0.2) is 5.78 Å². The van der Waals surface area contributed by atoms with E-state index in [2.05, 4.69) is 31.1 Å². The zero-order valence-electron chi connectivity index (χ0n) is 10.4. The maximum Gasteiger partial charge on any atom is 0.154 e. The van der Waals surface area contributed by atoms with E-state index in [1.807, 2.05) is 6.20 Å². The van der Waals surface area contributed by atoms with Crippen LogP contribution in [0.4, 0.5) is 0 Å². The van der Waals surface area contributed by atoms with Crippen molar-refractivity contribution in [3.05, 3.63) is 11.9 Å². The Kier molecular flexibility index (Phi) is 2.60. The largest absolute Gasteiger partial charge is 0.298 e. The number of nitrogens with zero attached hydrogens (tertiary/aromatic N) is 3. The molecule has 0 amide bonds. The molecule has 0 aromatic carbocycles. The van der Waals surface area contributed by atoms with Crippen molar-refractivity contribution in [2.24, 2.45) is 5.41 Å². The summed E-state index contributed by atoms with van der Waals surface area (Å²) in [5, 5.41) is 8.27. The van der Waals surface area contributed by atoms with E-state index in [0.29, 0.717) is 5.92 Å². The van der Waals surface area contributed by atoms with E-state index < -0.39 is 0 Å². The second-order valence-corrected chi connectivity index (χ2v) is 5.78. The first kappa shape index (κ1) is 11.3. The molecule has 1 aromatic rings. The molecule has 4 nitrogen and oxygen atoms in total. The Bertz CT molecular complexity index is 399. The molecule has 0 aliphatic heterocycles. The smallest absolute Gasteiger partial charge is 0.154 e. The van der Waals surface area contributed by atoms with Gasteiger partial charge in [0.25, 0.3) is 0 Å². The van der Waals surface area contributed by atoms with Crippen molar-refractivity contribution in [2.45, 2.75) is 52.5 Å². The predicted octanol–water partition coefficient (Wildman–Crippen LogP) is 2.33. The van der Waals surface area contributed by atoms with E-state index in [0.717, 1.165) is 5.69 Å². The molecule has 0 radical (unpaired) electrons. The molecule has 2 rings (SSSR count). The summed E-state index contributed by atoms with van der Waals surface area (Å²) in [5.41, 5.74) is 0.913. The number of ketones is 1. The van der Waals surface area contributed by atoms with E-state index in [1.165, 1.54) is 12.8 Å². The highest BCUT2D eigenvalue weighted by Crippen LogP contribution is 2.39. The van der Waals surface area contributed by atoms with Crippen LogP contribution in [0, 0.1) is 5.41 Å². The van der Waals surface area contributed by atoms with Crippen LogP contribution in [0.5, 0.6) is 0 Å². The van der Waals surface area contributed by atoms with Crippen molar-refractivity contribution in [2.75, 3.05) is 0 Å². The Morgan fingerprint density at radius 1 is 1.50 bits per heavy atom. The standard InChI is InChI=1S/C12H19N3O/c1-8(16)11(12(2,3)4)15-7-10(13-14-15)9-5-6-9/h7,9,11H,5-6H2,1-4H3/t11-/m1/s1. The van der Waals surface area contributed by atoms with Crippen LogP contribution in [0.15, 0.2) is 6.20 Å². The van der Waals surface area contributed by atoms with E-state index in [-0.39, 0.29) is 17.2 Å². The van der Waals surface area contributed by atoms with Crippen molar-refractivity contribution < 1.29 is 4.79 Å². The first-order valence-corrected chi connectivity index (χ1v) is 5.82. The van der Waals surface area contributed by atoms with Crippen molar-refractivity contribution in [3.8, 4) is 0 Å². The minimum Gasteiger partial charge on any atom is -0.298 e. The number of Topliss-reactive ketones (excluding diaryl/α,β-unsaturated/α-hetero) is 1. The van der Waals surface area contributed by atoms with Gasteiger partial charge in [0.05, 0.1) is 5.69 Å². The first-order valence-electron chi connectivity index (χ1n) is 5.82. The normalized spacial score (nSPS) is 18.5. The SMILES string of the molecule is CC(=O)[C@@H](n1cc(C2CC2)nn1)C(C)(C)C. The van der Waals surface area contributed by atoms with Gasteiger partial charge in [-0.15, -0.1) is 5.10 Å². The Morgan fingerprint density at radius 2 is 2.12 bits per heavy atom. The molecule has 1 aromatic heterocycles. The minimum atomic E-state index is -0.215. The van der Waals surface area contributed by atoms with Crippen LogP contribution >= 0.6 is 0 Å². The van der Waals surface area contributed by atoms with Gasteiger partial charge in [0, 0.05) is 12.1 Å². The van der Waals surface area contributed by atoms with Crippen LogP contribution in [0.3, 0.4) is 0 Å². The van der Waals surface area contributed by atoms with Crippen LogP contribution < -0.4 is 0 Å². The molecule has 0 N–H and O–H groups in total. The minimum absolute atomic E-state index is 0.125. The van der Waals surface area contributed by atoms with E-state index in [9.17, 15) is 4.79 Å². The molecule has 4 heteroatoms. The molecule has 1 aliphatic rings. The lowest BCUT2D eigenvalue weighted by molar-refractivity contribution is -0.123. The van der Waals surface area contributed by atoms with Gasteiger partial charge in [-0.1, -0.05) is 26.0 Å². The van der Waals surface area contributed by atoms with Gasteiger partial charge in [0.1, 0.15) is 6.04 Å². The van der Waals surface area contributed by atoms with E-state index in [4.69, 9.17) is 0 Å². The van der Waals surface area contributed by atoms with Crippen molar-refractivity contribution >= 4 is 5.78 Å². The lowest BCUT2D eigenvalue weighted by atomic mass is 9.84. The third-order valence-corrected chi connectivity index (χ3v) is 2.99. The molecule has 88 valence electrons. The Balaban J connectivity index is 2.27. The van der Waals surface area contributed by atoms with Gasteiger partial charge in [-0.2, -0.15) is 0 Å². The summed E-state index contributed by atoms with van der Waals surface area (Å²) in [4.78, 5) is 11.7. The van der Waals surface area contributed by atoms with Crippen LogP contribution in [0.1, 0.15) is 58.2 Å². The fraction of sp³-hybridized carbons (Fsp3) is 0.750. The summed E-state index contributed by atoms with van der Waals surface area (Å²) >= 11 is 0. The Morgan fingerprint density at radius 3 is 2.56 bits per heavy atom. The number of rotatable bonds is 3. The highest BCUT2D eigenvalue weighted by atomic mass is 16.1. The molecule has 0 unspecified atom stereocenters. The number of hydrogen-bond acceptors (Lipinski definition) is 3. The second-order valence-electron chi connectivity index (χ2n) is 5.78. The third kappa shape index (κ3) is 2.15. The van der Waals surface area contributed by atoms with Gasteiger partial charge in [-0.3, -0.25) is 4.79 Å². The molecular formula is C12H19N3O. The van der Waals surface area contributed by atoms with E-state index in [1.54, 1.807) is 11.6 Å². The van der Waals surface area contributed by atoms with Gasteiger partial charge in [-0.25, -0.2) is 4.68 Å². The van der Waals surface area contributed by atoms with Crippen molar-refractivity contribution in [1.82, 2.24) is 15.0 Å². The number of carbonyl (C=O) groups excluding carboxylic acids is 1. The Labute approximate surface area is 96.0 Å². The Hall–Kier alpha value is -1.19. The molecule has 1 fully saturated rings. The van der Waals surface area contributed by atoms with Crippen LogP contribution in [0.25, 0.3) is 0 Å². The molecule has 1 aliphatic carbocycles. The molecule has 0 spiro atoms. The van der Waals surface area contributed by atoms with Crippen LogP contribution in [-0.4, -0.2) is 20.8 Å². The quantitative estimate of drug-likeness (QED) is 0.787. The first-order chi connectivity index (χ1) is 7.39. The fourth-order valence-corrected chi connectivity index (χ4v) is 2.18. The summed E-state index contributed by atoms with van der Waals surface area (Å²) in [6.45, 7) is 7.78. The van der Waals surface area contributed by atoms with Crippen LogP contribution in [-0.2, 0) is 4.79 Å². The topological polar surface area (TPSA) is 47.8 Å². The van der Waals surface area contributed by atoms with Crippen molar-refractivity contribution in [1.29, 1.82) is 0 Å². The fourth-order valence-electron chi connectivity index (χ4n) is 2.18. The lowest BCUT2D eigenvalue weighted by Crippen LogP contribution is -2.30. The molecule has 1 atom stereocenters. The number of carbonyl (C=O) groups is 1. The predicted molar refractivity (Wildman–Crippen MR) is 61.2 cm³/mol. The van der Waals surface area contributed by atoms with Gasteiger partial charge in [-0.05, 0) is 25.2 Å². The lowest BCUT2D eigenvalue weighted by Gasteiger charge is -2.28. The van der Waals surface area contributed by atoms with Gasteiger partial charge in [0.2, 0.25) is 0 Å². The third-order valence-electron chi connectivity index (χ3n) is 2.99. The monoisotopic (exact) mass is 221 g/mol. The zero-order chi connectivity index (χ0) is 11.9. The average Bonchev–Trinajstić information content (AvgIpc) is 2.85. The van der Waals surface area contributed by atoms with E-state index >= 15 is 0 Å². The molecule has 0 saturated heterocycles. The summed E-state index contributed by atoms with van der Waals surface area (Å²) in [7, 11) is 0. The molecule has 1 heterocycles. The molecular weight excluding hydrogens is 202 g/mol. The highest BCUT2D eigenvalue weighted by Gasteiger charge is 2.33. The maximum absolute atomic E-state index is 11.7. The summed E-state index contributed by atoms with van der Waals surface area (Å²) in [6.07, 6.45) is 4.35. The number of aromatic nitrogens is 3.